The maximum Gasteiger partial charge on any atom is 0.256 e. The highest BCUT2D eigenvalue weighted by Gasteiger charge is 2.28. The molecule has 1 amide bonds. The number of halogens is 2. The van der Waals surface area contributed by atoms with Crippen molar-refractivity contribution >= 4 is 33.4 Å². The van der Waals surface area contributed by atoms with Crippen LogP contribution in [-0.4, -0.2) is 23.4 Å². The van der Waals surface area contributed by atoms with E-state index in [1.54, 1.807) is 23.1 Å². The van der Waals surface area contributed by atoms with Gasteiger partial charge in [-0.15, -0.1) is 0 Å². The van der Waals surface area contributed by atoms with Gasteiger partial charge in [-0.2, -0.15) is 5.26 Å². The molecule has 1 saturated carbocycles. The van der Waals surface area contributed by atoms with Crippen LogP contribution >= 0.6 is 27.5 Å². The Balaban J connectivity index is 2.28. The number of benzene rings is 1. The molecule has 0 heterocycles. The smallest absolute Gasteiger partial charge is 0.256 e. The van der Waals surface area contributed by atoms with Crippen molar-refractivity contribution in [1.82, 2.24) is 4.90 Å². The number of nitrogens with zero attached hydrogens (tertiary/aromatic N) is 2. The van der Waals surface area contributed by atoms with E-state index in [9.17, 15) is 4.79 Å². The Morgan fingerprint density at radius 1 is 1.47 bits per heavy atom. The van der Waals surface area contributed by atoms with Gasteiger partial charge < -0.3 is 4.90 Å². The zero-order valence-electron chi connectivity index (χ0n) is 10.4. The van der Waals surface area contributed by atoms with Crippen LogP contribution in [0.25, 0.3) is 0 Å². The van der Waals surface area contributed by atoms with Crippen molar-refractivity contribution in [2.75, 3.05) is 6.54 Å². The summed E-state index contributed by atoms with van der Waals surface area (Å²) in [4.78, 5) is 14.2. The van der Waals surface area contributed by atoms with Crippen LogP contribution in [0, 0.1) is 11.3 Å². The van der Waals surface area contributed by atoms with E-state index in [1.807, 2.05) is 0 Å². The van der Waals surface area contributed by atoms with Crippen LogP contribution < -0.4 is 0 Å². The number of hydrogen-bond donors (Lipinski definition) is 0. The second-order valence-corrected chi connectivity index (χ2v) is 5.98. The number of hydrogen-bond acceptors (Lipinski definition) is 2. The van der Waals surface area contributed by atoms with Crippen LogP contribution in [0.3, 0.4) is 0 Å². The Labute approximate surface area is 126 Å². The lowest BCUT2D eigenvalue weighted by molar-refractivity contribution is 0.0709. The van der Waals surface area contributed by atoms with E-state index >= 15 is 0 Å². The van der Waals surface area contributed by atoms with E-state index in [0.29, 0.717) is 10.6 Å². The largest absolute Gasteiger partial charge is 0.322 e. The monoisotopic (exact) mass is 340 g/mol. The first kappa shape index (κ1) is 14.4. The predicted octanol–water partition coefficient (Wildman–Crippen LogP) is 4.01. The molecule has 1 aromatic carbocycles. The molecule has 0 bridgehead atoms. The van der Waals surface area contributed by atoms with Gasteiger partial charge in [-0.25, -0.2) is 0 Å². The summed E-state index contributed by atoms with van der Waals surface area (Å²) in [7, 11) is 0. The Morgan fingerprint density at radius 3 is 2.79 bits per heavy atom. The molecule has 100 valence electrons. The highest BCUT2D eigenvalue weighted by molar-refractivity contribution is 9.10. The molecule has 2 rings (SSSR count). The molecule has 0 aliphatic heterocycles. The minimum atomic E-state index is -0.153. The summed E-state index contributed by atoms with van der Waals surface area (Å²) in [6, 6.07) is 7.45. The number of amides is 1. The average molecular weight is 342 g/mol. The summed E-state index contributed by atoms with van der Waals surface area (Å²) < 4.78 is 0.809. The second-order valence-electron chi connectivity index (χ2n) is 4.65. The van der Waals surface area contributed by atoms with Gasteiger partial charge in [-0.05, 0) is 31.0 Å². The fourth-order valence-corrected chi connectivity index (χ4v) is 3.03. The molecule has 1 fully saturated rings. The fraction of sp³-hybridized carbons (Fsp3) is 0.429. The van der Waals surface area contributed by atoms with Gasteiger partial charge in [0, 0.05) is 10.5 Å². The summed E-state index contributed by atoms with van der Waals surface area (Å²) in [6.07, 6.45) is 4.18. The van der Waals surface area contributed by atoms with E-state index in [1.165, 1.54) is 0 Å². The van der Waals surface area contributed by atoms with E-state index in [4.69, 9.17) is 16.9 Å². The van der Waals surface area contributed by atoms with Crippen LogP contribution in [0.5, 0.6) is 0 Å². The number of carbonyl (C=O) groups is 1. The predicted molar refractivity (Wildman–Crippen MR) is 78.1 cm³/mol. The molecule has 1 aliphatic carbocycles. The van der Waals surface area contributed by atoms with Crippen LogP contribution in [0.15, 0.2) is 22.7 Å². The van der Waals surface area contributed by atoms with Crippen LogP contribution in [-0.2, 0) is 0 Å². The van der Waals surface area contributed by atoms with Gasteiger partial charge >= 0.3 is 0 Å². The molecule has 0 unspecified atom stereocenters. The topological polar surface area (TPSA) is 44.1 Å². The molecule has 5 heteroatoms. The first-order valence-corrected chi connectivity index (χ1v) is 7.43. The van der Waals surface area contributed by atoms with Gasteiger partial charge in [0.2, 0.25) is 0 Å². The maximum atomic E-state index is 12.6. The standard InChI is InChI=1S/C14H14BrClN2O/c15-10-5-6-13(16)12(9-10)14(19)18(8-7-17)11-3-1-2-4-11/h5-6,9,11H,1-4,8H2. The Hall–Kier alpha value is -1.05. The normalized spacial score (nSPS) is 15.2. The molecular weight excluding hydrogens is 328 g/mol. The molecule has 0 aromatic heterocycles. The van der Waals surface area contributed by atoms with Crippen LogP contribution in [0.4, 0.5) is 0 Å². The summed E-state index contributed by atoms with van der Waals surface area (Å²) in [6.45, 7) is 0.117. The highest BCUT2D eigenvalue weighted by atomic mass is 79.9. The van der Waals surface area contributed by atoms with Crippen LogP contribution in [0.1, 0.15) is 36.0 Å². The molecule has 0 spiro atoms. The van der Waals surface area contributed by atoms with Crippen molar-refractivity contribution in [2.45, 2.75) is 31.7 Å². The van der Waals surface area contributed by atoms with Gasteiger partial charge in [-0.1, -0.05) is 40.4 Å². The van der Waals surface area contributed by atoms with Crippen molar-refractivity contribution in [3.63, 3.8) is 0 Å². The summed E-state index contributed by atoms with van der Waals surface area (Å²) >= 11 is 9.43. The Bertz CT molecular complexity index is 521. The molecule has 1 aromatic rings. The van der Waals surface area contributed by atoms with E-state index < -0.39 is 0 Å². The zero-order valence-corrected chi connectivity index (χ0v) is 12.7. The van der Waals surface area contributed by atoms with Gasteiger partial charge in [0.15, 0.2) is 0 Å². The van der Waals surface area contributed by atoms with Gasteiger partial charge in [0.1, 0.15) is 6.54 Å². The molecule has 0 saturated heterocycles. The van der Waals surface area contributed by atoms with Crippen molar-refractivity contribution in [3.05, 3.63) is 33.3 Å². The third-order valence-electron chi connectivity index (χ3n) is 3.43. The Morgan fingerprint density at radius 2 is 2.16 bits per heavy atom. The van der Waals surface area contributed by atoms with Crippen molar-refractivity contribution in [1.29, 1.82) is 5.26 Å². The van der Waals surface area contributed by atoms with Crippen LogP contribution in [0.2, 0.25) is 5.02 Å². The summed E-state index contributed by atoms with van der Waals surface area (Å²) in [5.41, 5.74) is 0.457. The first-order chi connectivity index (χ1) is 9.13. The van der Waals surface area contributed by atoms with Gasteiger partial charge in [0.25, 0.3) is 5.91 Å². The third kappa shape index (κ3) is 3.29. The Kier molecular flexibility index (Phi) is 4.84. The fourth-order valence-electron chi connectivity index (χ4n) is 2.47. The third-order valence-corrected chi connectivity index (χ3v) is 4.25. The van der Waals surface area contributed by atoms with Crippen molar-refractivity contribution < 1.29 is 4.79 Å². The minimum Gasteiger partial charge on any atom is -0.322 e. The molecule has 0 N–H and O–H groups in total. The lowest BCUT2D eigenvalue weighted by Gasteiger charge is -2.26. The highest BCUT2D eigenvalue weighted by Crippen LogP contribution is 2.27. The zero-order chi connectivity index (χ0) is 13.8. The minimum absolute atomic E-state index is 0.117. The molecular formula is C14H14BrClN2O. The number of carbonyl (C=O) groups excluding carboxylic acids is 1. The number of nitriles is 1. The van der Waals surface area contributed by atoms with Crippen molar-refractivity contribution in [3.8, 4) is 6.07 Å². The maximum absolute atomic E-state index is 12.6. The van der Waals surface area contributed by atoms with Gasteiger partial charge in [0.05, 0.1) is 16.7 Å². The lowest BCUT2D eigenvalue weighted by Crippen LogP contribution is -2.39. The van der Waals surface area contributed by atoms with E-state index in [-0.39, 0.29) is 18.5 Å². The SMILES string of the molecule is N#CCN(C(=O)c1cc(Br)ccc1Cl)C1CCCC1. The molecule has 3 nitrogen and oxygen atoms in total. The average Bonchev–Trinajstić information content (AvgIpc) is 2.92. The van der Waals surface area contributed by atoms with E-state index in [0.717, 1.165) is 30.2 Å². The number of rotatable bonds is 3. The molecule has 0 radical (unpaired) electrons. The van der Waals surface area contributed by atoms with Gasteiger partial charge in [-0.3, -0.25) is 4.79 Å². The molecule has 1 aliphatic rings. The first-order valence-electron chi connectivity index (χ1n) is 6.26. The summed E-state index contributed by atoms with van der Waals surface area (Å²) in [5, 5.41) is 9.36. The summed E-state index contributed by atoms with van der Waals surface area (Å²) in [5.74, 6) is -0.153. The molecule has 19 heavy (non-hydrogen) atoms. The second kappa shape index (κ2) is 6.40. The van der Waals surface area contributed by atoms with Crippen molar-refractivity contribution in [2.24, 2.45) is 0 Å². The quantitative estimate of drug-likeness (QED) is 0.780. The molecule has 0 atom stereocenters. The van der Waals surface area contributed by atoms with E-state index in [2.05, 4.69) is 22.0 Å². The lowest BCUT2D eigenvalue weighted by atomic mass is 10.1.